The van der Waals surface area contributed by atoms with Crippen molar-refractivity contribution in [3.8, 4) is 0 Å². The topological polar surface area (TPSA) is 118 Å². The van der Waals surface area contributed by atoms with E-state index in [9.17, 15) is 23.3 Å². The minimum atomic E-state index is -4.00. The summed E-state index contributed by atoms with van der Waals surface area (Å²) in [6.07, 6.45) is 0.738. The Labute approximate surface area is 129 Å². The highest BCUT2D eigenvalue weighted by molar-refractivity contribution is 7.89. The Morgan fingerprint density at radius 3 is 2.50 bits per heavy atom. The number of non-ortho nitro benzene ring substituents is 1. The van der Waals surface area contributed by atoms with Gasteiger partial charge in [0.25, 0.3) is 5.69 Å². The zero-order valence-electron chi connectivity index (χ0n) is 12.7. The maximum Gasteiger partial charge on any atom is 0.271 e. The van der Waals surface area contributed by atoms with Gasteiger partial charge < -0.3 is 5.32 Å². The molecule has 0 aliphatic heterocycles. The van der Waals surface area contributed by atoms with Crippen LogP contribution in [0.1, 0.15) is 24.5 Å². The van der Waals surface area contributed by atoms with Crippen molar-refractivity contribution in [3.05, 3.63) is 33.4 Å². The van der Waals surface area contributed by atoms with E-state index in [1.165, 1.54) is 6.07 Å². The molecular formula is C13H19N3O5S. The van der Waals surface area contributed by atoms with Gasteiger partial charge in [0, 0.05) is 18.7 Å². The van der Waals surface area contributed by atoms with Gasteiger partial charge in [0.1, 0.15) is 0 Å². The summed E-state index contributed by atoms with van der Waals surface area (Å²) in [7, 11) is -4.00. The molecule has 1 amide bonds. The zero-order chi connectivity index (χ0) is 16.9. The number of benzene rings is 1. The molecule has 1 rings (SSSR count). The number of carbonyl (C=O) groups is 1. The van der Waals surface area contributed by atoms with Gasteiger partial charge in [0.2, 0.25) is 15.9 Å². The maximum absolute atomic E-state index is 12.2. The van der Waals surface area contributed by atoms with Crippen LogP contribution in [0.2, 0.25) is 0 Å². The predicted octanol–water partition coefficient (Wildman–Crippen LogP) is 1.02. The lowest BCUT2D eigenvalue weighted by molar-refractivity contribution is -0.385. The van der Waals surface area contributed by atoms with Crippen molar-refractivity contribution in [1.29, 1.82) is 0 Å². The molecule has 0 atom stereocenters. The highest BCUT2D eigenvalue weighted by Gasteiger charge is 2.22. The first-order valence-electron chi connectivity index (χ1n) is 6.71. The Balaban J connectivity index is 3.02. The number of sulfonamides is 1. The van der Waals surface area contributed by atoms with Crippen LogP contribution in [0.5, 0.6) is 0 Å². The van der Waals surface area contributed by atoms with Crippen LogP contribution in [0.25, 0.3) is 0 Å². The highest BCUT2D eigenvalue weighted by atomic mass is 32.2. The molecule has 1 aromatic rings. The second-order valence-corrected chi connectivity index (χ2v) is 6.55. The number of rotatable bonds is 7. The molecule has 0 aliphatic rings. The average molecular weight is 329 g/mol. The van der Waals surface area contributed by atoms with Crippen LogP contribution in [-0.4, -0.2) is 32.3 Å². The number of nitrogens with zero attached hydrogens (tertiary/aromatic N) is 1. The van der Waals surface area contributed by atoms with Crippen LogP contribution in [-0.2, 0) is 14.8 Å². The molecule has 22 heavy (non-hydrogen) atoms. The lowest BCUT2D eigenvalue weighted by Crippen LogP contribution is -2.37. The van der Waals surface area contributed by atoms with Gasteiger partial charge in [-0.1, -0.05) is 6.92 Å². The van der Waals surface area contributed by atoms with E-state index in [0.29, 0.717) is 17.7 Å². The van der Waals surface area contributed by atoms with Crippen LogP contribution >= 0.6 is 0 Å². The van der Waals surface area contributed by atoms with Crippen molar-refractivity contribution in [2.24, 2.45) is 0 Å². The van der Waals surface area contributed by atoms with Gasteiger partial charge >= 0.3 is 0 Å². The van der Waals surface area contributed by atoms with Crippen molar-refractivity contribution in [1.82, 2.24) is 10.0 Å². The van der Waals surface area contributed by atoms with Crippen LogP contribution in [0.4, 0.5) is 5.69 Å². The second-order valence-electron chi connectivity index (χ2n) is 4.82. The molecule has 1 aromatic carbocycles. The van der Waals surface area contributed by atoms with E-state index in [1.807, 2.05) is 6.92 Å². The zero-order valence-corrected chi connectivity index (χ0v) is 13.5. The summed E-state index contributed by atoms with van der Waals surface area (Å²) in [4.78, 5) is 21.5. The Bertz CT molecular complexity index is 685. The summed E-state index contributed by atoms with van der Waals surface area (Å²) in [6, 6.07) is 2.30. The Hall–Kier alpha value is -2.00. The molecule has 122 valence electrons. The van der Waals surface area contributed by atoms with Gasteiger partial charge in [-0.2, -0.15) is 0 Å². The standard InChI is InChI=1S/C13H19N3O5S/c1-4-5-14-13(17)8-15-22(20,21)12-7-11(16(18)19)6-9(2)10(12)3/h6-7,15H,4-5,8H2,1-3H3,(H,14,17). The minimum absolute atomic E-state index is 0.192. The summed E-state index contributed by atoms with van der Waals surface area (Å²) in [5.41, 5.74) is 0.594. The number of aryl methyl sites for hydroxylation is 1. The van der Waals surface area contributed by atoms with Gasteiger partial charge in [0.05, 0.1) is 16.4 Å². The molecule has 0 spiro atoms. The molecule has 0 unspecified atom stereocenters. The van der Waals surface area contributed by atoms with Gasteiger partial charge in [0.15, 0.2) is 0 Å². The van der Waals surface area contributed by atoms with Crippen LogP contribution < -0.4 is 10.0 Å². The minimum Gasteiger partial charge on any atom is -0.355 e. The lowest BCUT2D eigenvalue weighted by Gasteiger charge is -2.11. The summed E-state index contributed by atoms with van der Waals surface area (Å²) >= 11 is 0. The number of nitro benzene ring substituents is 1. The predicted molar refractivity (Wildman–Crippen MR) is 81.1 cm³/mol. The number of nitrogens with one attached hydrogen (secondary N) is 2. The summed E-state index contributed by atoms with van der Waals surface area (Å²) in [5.74, 6) is -0.453. The third kappa shape index (κ3) is 4.50. The number of hydrogen-bond acceptors (Lipinski definition) is 5. The maximum atomic E-state index is 12.2. The summed E-state index contributed by atoms with van der Waals surface area (Å²) in [5, 5.41) is 13.4. The summed E-state index contributed by atoms with van der Waals surface area (Å²) < 4.78 is 26.6. The first-order valence-corrected chi connectivity index (χ1v) is 8.19. The van der Waals surface area contributed by atoms with E-state index in [0.717, 1.165) is 12.5 Å². The van der Waals surface area contributed by atoms with Crippen molar-refractivity contribution in [3.63, 3.8) is 0 Å². The number of amides is 1. The number of hydrogen-bond donors (Lipinski definition) is 2. The molecule has 0 fully saturated rings. The third-order valence-electron chi connectivity index (χ3n) is 3.10. The molecule has 0 aromatic heterocycles. The van der Waals surface area contributed by atoms with E-state index in [4.69, 9.17) is 0 Å². The SMILES string of the molecule is CCCNC(=O)CNS(=O)(=O)c1cc([N+](=O)[O-])cc(C)c1C. The van der Waals surface area contributed by atoms with Crippen molar-refractivity contribution in [2.45, 2.75) is 32.1 Å². The molecule has 2 N–H and O–H groups in total. The fourth-order valence-corrected chi connectivity index (χ4v) is 3.07. The second kappa shape index (κ2) is 7.32. The quantitative estimate of drug-likeness (QED) is 0.572. The number of carbonyl (C=O) groups excluding carboxylic acids is 1. The first-order chi connectivity index (χ1) is 10.2. The average Bonchev–Trinajstić information content (AvgIpc) is 2.45. The van der Waals surface area contributed by atoms with Gasteiger partial charge in [-0.15, -0.1) is 0 Å². The normalized spacial score (nSPS) is 11.2. The van der Waals surface area contributed by atoms with E-state index in [1.54, 1.807) is 13.8 Å². The van der Waals surface area contributed by atoms with E-state index in [2.05, 4.69) is 10.0 Å². The van der Waals surface area contributed by atoms with Gasteiger partial charge in [-0.3, -0.25) is 14.9 Å². The molecule has 8 nitrogen and oxygen atoms in total. The van der Waals surface area contributed by atoms with Crippen molar-refractivity contribution < 1.29 is 18.1 Å². The monoisotopic (exact) mass is 329 g/mol. The smallest absolute Gasteiger partial charge is 0.271 e. The molecule has 0 saturated heterocycles. The summed E-state index contributed by atoms with van der Waals surface area (Å²) in [6.45, 7) is 5.07. The largest absolute Gasteiger partial charge is 0.355 e. The number of nitro groups is 1. The van der Waals surface area contributed by atoms with Crippen molar-refractivity contribution >= 4 is 21.6 Å². The van der Waals surface area contributed by atoms with E-state index >= 15 is 0 Å². The Morgan fingerprint density at radius 2 is 1.95 bits per heavy atom. The molecular weight excluding hydrogens is 310 g/mol. The van der Waals surface area contributed by atoms with Gasteiger partial charge in [-0.25, -0.2) is 13.1 Å². The van der Waals surface area contributed by atoms with Crippen molar-refractivity contribution in [2.75, 3.05) is 13.1 Å². The molecule has 0 radical (unpaired) electrons. The van der Waals surface area contributed by atoms with E-state index < -0.39 is 27.4 Å². The molecule has 9 heteroatoms. The van der Waals surface area contributed by atoms with E-state index in [-0.39, 0.29) is 10.6 Å². The molecule has 0 aliphatic carbocycles. The molecule has 0 saturated carbocycles. The molecule has 0 heterocycles. The third-order valence-corrected chi connectivity index (χ3v) is 4.63. The van der Waals surface area contributed by atoms with Gasteiger partial charge in [-0.05, 0) is 31.4 Å². The Morgan fingerprint density at radius 1 is 1.32 bits per heavy atom. The lowest BCUT2D eigenvalue weighted by atomic mass is 10.1. The first kappa shape index (κ1) is 18.1. The fourth-order valence-electron chi connectivity index (χ4n) is 1.76. The Kier molecular flexibility index (Phi) is 6.01. The fraction of sp³-hybridized carbons (Fsp3) is 0.462. The molecule has 0 bridgehead atoms. The van der Waals surface area contributed by atoms with Crippen LogP contribution in [0.3, 0.4) is 0 Å². The van der Waals surface area contributed by atoms with Crippen LogP contribution in [0.15, 0.2) is 17.0 Å². The highest BCUT2D eigenvalue weighted by Crippen LogP contribution is 2.25. The van der Waals surface area contributed by atoms with Crippen LogP contribution in [0, 0.1) is 24.0 Å².